The van der Waals surface area contributed by atoms with E-state index >= 15 is 0 Å². The molecule has 0 radical (unpaired) electrons. The van der Waals surface area contributed by atoms with Crippen LogP contribution in [0.4, 0.5) is 5.69 Å². The summed E-state index contributed by atoms with van der Waals surface area (Å²) in [5.74, 6) is -0.808. The second-order valence-corrected chi connectivity index (χ2v) is 13.0. The van der Waals surface area contributed by atoms with Crippen LogP contribution in [0.25, 0.3) is 16.6 Å². The number of carbonyl (C=O) groups excluding carboxylic acids is 3. The zero-order valence-corrected chi connectivity index (χ0v) is 28.8. The number of unbranched alkanes of at least 4 members (excludes halogenated alkanes) is 2. The van der Waals surface area contributed by atoms with Crippen LogP contribution in [0.15, 0.2) is 72.8 Å². The molecule has 260 valence electrons. The monoisotopic (exact) mass is 676 g/mol. The van der Waals surface area contributed by atoms with Gasteiger partial charge in [0.1, 0.15) is 11.4 Å². The summed E-state index contributed by atoms with van der Waals surface area (Å²) >= 11 is 0. The number of rotatable bonds is 12. The quantitative estimate of drug-likeness (QED) is 0.124. The second-order valence-electron chi connectivity index (χ2n) is 13.0. The summed E-state index contributed by atoms with van der Waals surface area (Å²) in [5, 5.41) is 28.6. The van der Waals surface area contributed by atoms with Crippen molar-refractivity contribution in [2.24, 2.45) is 0 Å². The number of nitrogens with one attached hydrogen (secondary N) is 2. The van der Waals surface area contributed by atoms with Gasteiger partial charge in [0.15, 0.2) is 5.69 Å². The van der Waals surface area contributed by atoms with Gasteiger partial charge in [0.05, 0.1) is 23.9 Å². The number of benzene rings is 3. The van der Waals surface area contributed by atoms with Crippen LogP contribution in [-0.4, -0.2) is 78.2 Å². The molecule has 1 unspecified atom stereocenters. The highest BCUT2D eigenvalue weighted by Crippen LogP contribution is 2.29. The predicted molar refractivity (Wildman–Crippen MR) is 193 cm³/mol. The number of phenolic OH excluding ortho intramolecular Hbond substituents is 1. The molecule has 1 atom stereocenters. The van der Waals surface area contributed by atoms with Gasteiger partial charge in [-0.05, 0) is 85.8 Å². The number of aromatic nitrogens is 3. The highest BCUT2D eigenvalue weighted by Gasteiger charge is 2.32. The van der Waals surface area contributed by atoms with Crippen LogP contribution >= 0.6 is 0 Å². The first-order valence-electron chi connectivity index (χ1n) is 17.3. The molecule has 11 nitrogen and oxygen atoms in total. The van der Waals surface area contributed by atoms with Crippen LogP contribution in [0.2, 0.25) is 0 Å². The number of amides is 3. The lowest BCUT2D eigenvalue weighted by atomic mass is 9.93. The smallest absolute Gasteiger partial charge is 0.274 e. The molecule has 50 heavy (non-hydrogen) atoms. The zero-order chi connectivity index (χ0) is 35.4. The van der Waals surface area contributed by atoms with E-state index < -0.39 is 11.9 Å². The first kappa shape index (κ1) is 34.4. The van der Waals surface area contributed by atoms with Crippen molar-refractivity contribution < 1.29 is 24.6 Å². The number of hydrogen-bond donors (Lipinski definition) is 4. The largest absolute Gasteiger partial charge is 0.508 e. The Balaban J connectivity index is 1.38. The van der Waals surface area contributed by atoms with Crippen LogP contribution in [-0.2, 0) is 13.0 Å². The molecule has 1 aliphatic heterocycles. The topological polar surface area (TPSA) is 144 Å². The van der Waals surface area contributed by atoms with E-state index in [2.05, 4.69) is 24.1 Å². The fraction of sp³-hybridized carbons (Fsp3) is 0.333. The van der Waals surface area contributed by atoms with E-state index in [0.717, 1.165) is 36.8 Å². The van der Waals surface area contributed by atoms with Gasteiger partial charge in [-0.15, -0.1) is 0 Å². The standard InChI is InChI=1S/C39H44N6O5/c1-4-6-16-43(17-7-5-2)39(50)35-18-25(3)45(42-35)36-15-12-29(40-37(48)34-21-28-20-31(47)13-14-33(28)41-34)22-32(36)38(49)44-23-27-11-9-8-10-26(27)19-30(44)24-46/h8-15,18,20-22,30,41,46-47H,4-7,16-17,19,23-24H2,1-3H3,(H,40,48). The summed E-state index contributed by atoms with van der Waals surface area (Å²) in [6.45, 7) is 7.43. The number of anilines is 1. The average molecular weight is 677 g/mol. The van der Waals surface area contributed by atoms with Crippen LogP contribution in [0.1, 0.15) is 87.7 Å². The van der Waals surface area contributed by atoms with Gasteiger partial charge in [0, 0.05) is 41.9 Å². The lowest BCUT2D eigenvalue weighted by molar-refractivity contribution is 0.0544. The first-order chi connectivity index (χ1) is 24.2. The number of H-pyrrole nitrogens is 1. The fourth-order valence-electron chi connectivity index (χ4n) is 6.55. The number of aliphatic hydroxyl groups excluding tert-OH is 1. The molecule has 0 spiro atoms. The molecule has 0 bridgehead atoms. The van der Waals surface area contributed by atoms with Gasteiger partial charge < -0.3 is 30.3 Å². The molecule has 6 rings (SSSR count). The normalized spacial score (nSPS) is 14.1. The van der Waals surface area contributed by atoms with Gasteiger partial charge in [-0.25, -0.2) is 4.68 Å². The average Bonchev–Trinajstić information content (AvgIpc) is 3.73. The molecule has 3 amide bonds. The third-order valence-corrected chi connectivity index (χ3v) is 9.35. The lowest BCUT2D eigenvalue weighted by Crippen LogP contribution is -2.46. The fourth-order valence-corrected chi connectivity index (χ4v) is 6.55. The maximum absolute atomic E-state index is 14.6. The number of aliphatic hydroxyl groups is 1. The molecule has 3 heterocycles. The number of carbonyl (C=O) groups is 3. The summed E-state index contributed by atoms with van der Waals surface area (Å²) in [6.07, 6.45) is 4.24. The van der Waals surface area contributed by atoms with E-state index in [-0.39, 0.29) is 35.4 Å². The minimum Gasteiger partial charge on any atom is -0.508 e. The van der Waals surface area contributed by atoms with Crippen LogP contribution in [0.5, 0.6) is 5.75 Å². The molecule has 4 N–H and O–H groups in total. The van der Waals surface area contributed by atoms with Crippen molar-refractivity contribution in [3.63, 3.8) is 0 Å². The Morgan fingerprint density at radius 1 is 0.960 bits per heavy atom. The van der Waals surface area contributed by atoms with Crippen LogP contribution in [0.3, 0.4) is 0 Å². The number of aromatic hydroxyl groups is 1. The van der Waals surface area contributed by atoms with Gasteiger partial charge in [-0.3, -0.25) is 14.4 Å². The SMILES string of the molecule is CCCCN(CCCC)C(=O)c1cc(C)n(-c2ccc(NC(=O)c3cc4cc(O)ccc4[nH]3)cc2C(=O)N2Cc3ccccc3CC2CO)n1. The minimum absolute atomic E-state index is 0.0946. The molecule has 0 fully saturated rings. The summed E-state index contributed by atoms with van der Waals surface area (Å²) < 4.78 is 1.61. The van der Waals surface area contributed by atoms with Gasteiger partial charge in [-0.2, -0.15) is 5.10 Å². The van der Waals surface area contributed by atoms with Crippen molar-refractivity contribution in [1.82, 2.24) is 24.6 Å². The number of aromatic amines is 1. The van der Waals surface area contributed by atoms with Crippen molar-refractivity contribution in [3.05, 3.63) is 107 Å². The zero-order valence-electron chi connectivity index (χ0n) is 28.8. The maximum Gasteiger partial charge on any atom is 0.274 e. The number of hydrogen-bond acceptors (Lipinski definition) is 6. The molecule has 2 aromatic heterocycles. The molecule has 0 saturated carbocycles. The summed E-state index contributed by atoms with van der Waals surface area (Å²) in [4.78, 5) is 48.3. The first-order valence-corrected chi connectivity index (χ1v) is 17.3. The van der Waals surface area contributed by atoms with E-state index in [4.69, 9.17) is 5.10 Å². The second kappa shape index (κ2) is 15.0. The summed E-state index contributed by atoms with van der Waals surface area (Å²) in [5.41, 5.74) is 5.15. The van der Waals surface area contributed by atoms with Crippen LogP contribution in [0, 0.1) is 6.92 Å². The maximum atomic E-state index is 14.6. The number of nitrogens with zero attached hydrogens (tertiary/aromatic N) is 4. The Labute approximate surface area is 291 Å². The van der Waals surface area contributed by atoms with E-state index in [1.807, 2.05) is 36.1 Å². The molecule has 11 heteroatoms. The Kier molecular flexibility index (Phi) is 10.3. The minimum atomic E-state index is -0.451. The molecule has 0 aliphatic carbocycles. The van der Waals surface area contributed by atoms with Crippen molar-refractivity contribution in [2.45, 2.75) is 65.5 Å². The number of fused-ring (bicyclic) bond motifs is 2. The lowest BCUT2D eigenvalue weighted by Gasteiger charge is -2.36. The van der Waals surface area contributed by atoms with E-state index in [0.29, 0.717) is 59.7 Å². The van der Waals surface area contributed by atoms with Gasteiger partial charge in [0.2, 0.25) is 0 Å². The van der Waals surface area contributed by atoms with E-state index in [1.54, 1.807) is 58.1 Å². The summed E-state index contributed by atoms with van der Waals surface area (Å²) in [7, 11) is 0. The van der Waals surface area contributed by atoms with E-state index in [9.17, 15) is 24.6 Å². The molecule has 3 aromatic carbocycles. The van der Waals surface area contributed by atoms with E-state index in [1.165, 1.54) is 0 Å². The third kappa shape index (κ3) is 7.13. The molecule has 1 aliphatic rings. The summed E-state index contributed by atoms with van der Waals surface area (Å²) in [6, 6.07) is 20.7. The Bertz CT molecular complexity index is 2020. The van der Waals surface area contributed by atoms with Crippen molar-refractivity contribution in [3.8, 4) is 11.4 Å². The molecule has 0 saturated heterocycles. The van der Waals surface area contributed by atoms with Gasteiger partial charge >= 0.3 is 0 Å². The Morgan fingerprint density at radius 2 is 1.70 bits per heavy atom. The van der Waals surface area contributed by atoms with Crippen molar-refractivity contribution in [1.29, 1.82) is 0 Å². The Morgan fingerprint density at radius 3 is 2.42 bits per heavy atom. The molecular weight excluding hydrogens is 632 g/mol. The number of aryl methyl sites for hydroxylation is 1. The highest BCUT2D eigenvalue weighted by atomic mass is 16.3. The predicted octanol–water partition coefficient (Wildman–Crippen LogP) is 6.22. The van der Waals surface area contributed by atoms with Crippen molar-refractivity contribution >= 4 is 34.3 Å². The number of phenols is 1. The van der Waals surface area contributed by atoms with Crippen LogP contribution < -0.4 is 5.32 Å². The van der Waals surface area contributed by atoms with Gasteiger partial charge in [-0.1, -0.05) is 51.0 Å². The van der Waals surface area contributed by atoms with Crippen molar-refractivity contribution in [2.75, 3.05) is 25.0 Å². The highest BCUT2D eigenvalue weighted by molar-refractivity contribution is 6.07. The molecule has 5 aromatic rings. The Hall–Kier alpha value is -5.42. The molecular formula is C39H44N6O5. The van der Waals surface area contributed by atoms with Gasteiger partial charge in [0.25, 0.3) is 17.7 Å². The third-order valence-electron chi connectivity index (χ3n) is 9.35.